The van der Waals surface area contributed by atoms with Crippen molar-refractivity contribution in [2.75, 3.05) is 106 Å². The molecule has 0 spiro atoms. The second kappa shape index (κ2) is 23.5. The third-order valence-corrected chi connectivity index (χ3v) is 12.2. The van der Waals surface area contributed by atoms with Gasteiger partial charge in [0.05, 0.1) is 99.6 Å². The first-order chi connectivity index (χ1) is 32.6. The molecular formula is C49H62N6O12. The van der Waals surface area contributed by atoms with Gasteiger partial charge in [-0.25, -0.2) is 0 Å². The van der Waals surface area contributed by atoms with Crippen molar-refractivity contribution >= 4 is 35.4 Å². The first-order valence-corrected chi connectivity index (χ1v) is 22.7. The Bertz CT molecular complexity index is 2340. The van der Waals surface area contributed by atoms with Crippen molar-refractivity contribution < 1.29 is 57.4 Å². The number of methoxy groups -OCH3 is 3. The molecule has 67 heavy (non-hydrogen) atoms. The maximum absolute atomic E-state index is 13.7. The number of carboxylic acids is 1. The number of aromatic nitrogens is 1. The highest BCUT2D eigenvalue weighted by atomic mass is 16.5. The Morgan fingerprint density at radius 2 is 1.37 bits per heavy atom. The van der Waals surface area contributed by atoms with Crippen LogP contribution in [0.1, 0.15) is 65.2 Å². The van der Waals surface area contributed by atoms with Crippen LogP contribution in [0.15, 0.2) is 64.7 Å². The van der Waals surface area contributed by atoms with E-state index in [2.05, 4.69) is 11.4 Å². The molecule has 4 aliphatic rings. The summed E-state index contributed by atoms with van der Waals surface area (Å²) in [6.07, 6.45) is 7.47. The first kappa shape index (κ1) is 48.7. The molecule has 7 rings (SSSR count). The largest absolute Gasteiger partial charge is 0.493 e. The van der Waals surface area contributed by atoms with E-state index in [9.17, 15) is 19.5 Å². The van der Waals surface area contributed by atoms with E-state index >= 15 is 0 Å². The normalized spacial score (nSPS) is 18.6. The highest BCUT2D eigenvalue weighted by Crippen LogP contribution is 2.40. The average molecular weight is 927 g/mol. The molecule has 360 valence electrons. The van der Waals surface area contributed by atoms with Gasteiger partial charge in [0.25, 0.3) is 11.8 Å². The predicted octanol–water partition coefficient (Wildman–Crippen LogP) is 5.55. The minimum atomic E-state index is -0.897. The third kappa shape index (κ3) is 12.4. The Morgan fingerprint density at radius 1 is 0.746 bits per heavy atom. The van der Waals surface area contributed by atoms with Gasteiger partial charge >= 0.3 is 5.97 Å². The molecule has 4 aliphatic heterocycles. The van der Waals surface area contributed by atoms with Gasteiger partial charge in [0.15, 0.2) is 23.0 Å². The van der Waals surface area contributed by atoms with E-state index < -0.39 is 5.97 Å². The zero-order chi connectivity index (χ0) is 47.3. The zero-order valence-corrected chi connectivity index (χ0v) is 39.0. The molecule has 2 amide bonds. The molecule has 0 radical (unpaired) electrons. The number of aliphatic imine (C=N–C) groups is 1. The van der Waals surface area contributed by atoms with Gasteiger partial charge in [-0.2, -0.15) is 0 Å². The van der Waals surface area contributed by atoms with Crippen LogP contribution in [0.5, 0.6) is 28.7 Å². The number of carbonyl (C=O) groups is 3. The number of nitrogens with one attached hydrogen (secondary N) is 1. The van der Waals surface area contributed by atoms with E-state index in [1.807, 2.05) is 40.8 Å². The molecule has 0 saturated carbocycles. The number of carboxylic acid groups (broad SMARTS) is 1. The summed E-state index contributed by atoms with van der Waals surface area (Å²) in [5, 5.41) is 12.9. The summed E-state index contributed by atoms with van der Waals surface area (Å²) >= 11 is 0. The summed E-state index contributed by atoms with van der Waals surface area (Å²) < 4.78 is 46.7. The Hall–Kier alpha value is -6.21. The quantitative estimate of drug-likeness (QED) is 0.0839. The number of ether oxygens (including phenoxy) is 8. The number of nitrogens with zero attached hydrogens (tertiary/aromatic N) is 5. The van der Waals surface area contributed by atoms with Crippen molar-refractivity contribution in [1.82, 2.24) is 19.7 Å². The monoisotopic (exact) mass is 926 g/mol. The fourth-order valence-electron chi connectivity index (χ4n) is 8.45. The molecule has 2 fully saturated rings. The lowest BCUT2D eigenvalue weighted by Gasteiger charge is -2.22. The second-order valence-electron chi connectivity index (χ2n) is 16.5. The molecule has 0 unspecified atom stereocenters. The maximum atomic E-state index is 13.7. The molecule has 18 nitrogen and oxygen atoms in total. The van der Waals surface area contributed by atoms with E-state index in [-0.39, 0.29) is 50.1 Å². The van der Waals surface area contributed by atoms with Gasteiger partial charge < -0.3 is 58.1 Å². The molecule has 3 aromatic rings. The lowest BCUT2D eigenvalue weighted by molar-refractivity contribution is -0.137. The Labute approximate surface area is 391 Å². The Balaban J connectivity index is 1.08. The van der Waals surface area contributed by atoms with Gasteiger partial charge in [-0.3, -0.25) is 29.3 Å². The minimum Gasteiger partial charge on any atom is -0.493 e. The summed E-state index contributed by atoms with van der Waals surface area (Å²) in [6.45, 7) is 9.41. The van der Waals surface area contributed by atoms with E-state index in [4.69, 9.17) is 47.9 Å². The topological polar surface area (TPSA) is 192 Å². The number of benzene rings is 2. The highest BCUT2D eigenvalue weighted by molar-refractivity contribution is 6.04. The summed E-state index contributed by atoms with van der Waals surface area (Å²) in [5.74, 6) is 0.985. The molecule has 2 saturated heterocycles. The number of hydrogen-bond donors (Lipinski definition) is 2. The number of carbonyl (C=O) groups excluding carboxylic acids is 2. The lowest BCUT2D eigenvalue weighted by Crippen LogP contribution is -2.36. The SMILES string of the molecule is C/C=C1\C[C@H]2CNc3cc(OCc4cc(OCCN(CCOCCOCCOC)CCC(=O)O)cc(COc5cc6c(cc5OC)C(=O)N5C/C(=C/C)C[C@H]5C=N6)n4)c(OC)cc3C(=O)N2C1. The van der Waals surface area contributed by atoms with E-state index in [0.717, 1.165) is 12.8 Å². The van der Waals surface area contributed by atoms with Crippen molar-refractivity contribution in [3.8, 4) is 28.7 Å². The fraction of sp³-hybridized carbons (Fsp3) is 0.490. The number of allylic oxidation sites excluding steroid dienone is 2. The van der Waals surface area contributed by atoms with Crippen LogP contribution in [0.3, 0.4) is 0 Å². The van der Waals surface area contributed by atoms with Crippen LogP contribution in [0, 0.1) is 0 Å². The standard InChI is InChI=1S/C49H62N6O12/c1-6-32-18-36-26-50-41-24-45(43(61-4)22-39(41)48(58)54(36)28-32)66-30-34-20-38(65-13-11-53(9-8-47(56)57)10-12-63-16-17-64-15-14-60-3)21-35(52-34)31-67-46-25-42-40(23-44(46)62-5)49(59)55-29-33(7-2)19-37(55)27-51-42/h6-7,20-26,36-37,51H,8-19,27-31H2,1-5H3,(H,56,57)/b32-6+,33-7+/t36-,37-/m0/s1. The van der Waals surface area contributed by atoms with E-state index in [0.29, 0.717) is 135 Å². The van der Waals surface area contributed by atoms with Crippen LogP contribution in [0.25, 0.3) is 0 Å². The van der Waals surface area contributed by atoms with Crippen LogP contribution in [-0.4, -0.2) is 161 Å². The van der Waals surface area contributed by atoms with E-state index in [1.54, 1.807) is 43.5 Å². The van der Waals surface area contributed by atoms with Crippen molar-refractivity contribution in [3.63, 3.8) is 0 Å². The van der Waals surface area contributed by atoms with Crippen LogP contribution in [0.4, 0.5) is 11.4 Å². The first-order valence-electron chi connectivity index (χ1n) is 22.7. The molecular weight excluding hydrogens is 865 g/mol. The Kier molecular flexibility index (Phi) is 17.1. The van der Waals surface area contributed by atoms with Gasteiger partial charge in [0.1, 0.15) is 25.6 Å². The summed E-state index contributed by atoms with van der Waals surface area (Å²) in [6, 6.07) is 10.4. The number of rotatable bonds is 24. The van der Waals surface area contributed by atoms with Crippen LogP contribution < -0.4 is 29.0 Å². The molecule has 2 aromatic carbocycles. The van der Waals surface area contributed by atoms with Gasteiger partial charge in [0.2, 0.25) is 0 Å². The molecule has 0 bridgehead atoms. The van der Waals surface area contributed by atoms with Gasteiger partial charge in [-0.15, -0.1) is 0 Å². The molecule has 18 heteroatoms. The number of pyridine rings is 1. The van der Waals surface area contributed by atoms with Crippen LogP contribution >= 0.6 is 0 Å². The number of aliphatic carboxylic acids is 1. The molecule has 0 aliphatic carbocycles. The number of anilines is 1. The zero-order valence-electron chi connectivity index (χ0n) is 39.0. The van der Waals surface area contributed by atoms with Crippen molar-refractivity contribution in [2.45, 2.75) is 58.4 Å². The number of fused-ring (bicyclic) bond motifs is 4. The van der Waals surface area contributed by atoms with E-state index in [1.165, 1.54) is 25.4 Å². The summed E-state index contributed by atoms with van der Waals surface area (Å²) in [4.78, 5) is 54.3. The van der Waals surface area contributed by atoms with Gasteiger partial charge in [-0.05, 0) is 38.8 Å². The fourth-order valence-corrected chi connectivity index (χ4v) is 8.45. The van der Waals surface area contributed by atoms with Crippen LogP contribution in [-0.2, 0) is 32.2 Å². The molecule has 5 heterocycles. The molecule has 2 atom stereocenters. The molecule has 1 aromatic heterocycles. The van der Waals surface area contributed by atoms with Crippen molar-refractivity contribution in [2.24, 2.45) is 4.99 Å². The minimum absolute atomic E-state index is 0.00549. The Morgan fingerprint density at radius 3 is 2.06 bits per heavy atom. The summed E-state index contributed by atoms with van der Waals surface area (Å²) in [5.41, 5.74) is 5.55. The number of amides is 2. The number of hydrogen-bond acceptors (Lipinski definition) is 15. The van der Waals surface area contributed by atoms with Gasteiger partial charge in [0, 0.05) is 76.9 Å². The highest BCUT2D eigenvalue weighted by Gasteiger charge is 2.37. The van der Waals surface area contributed by atoms with Gasteiger partial charge in [-0.1, -0.05) is 23.3 Å². The predicted molar refractivity (Wildman–Crippen MR) is 250 cm³/mol. The smallest absolute Gasteiger partial charge is 0.304 e. The third-order valence-electron chi connectivity index (χ3n) is 12.2. The summed E-state index contributed by atoms with van der Waals surface area (Å²) in [7, 11) is 4.67. The second-order valence-corrected chi connectivity index (χ2v) is 16.5. The van der Waals surface area contributed by atoms with Crippen LogP contribution in [0.2, 0.25) is 0 Å². The molecule has 2 N–H and O–H groups in total. The lowest BCUT2D eigenvalue weighted by atomic mass is 10.1. The average Bonchev–Trinajstić information content (AvgIpc) is 3.91. The van der Waals surface area contributed by atoms with Crippen molar-refractivity contribution in [1.29, 1.82) is 0 Å². The van der Waals surface area contributed by atoms with Crippen molar-refractivity contribution in [3.05, 3.63) is 82.2 Å². The maximum Gasteiger partial charge on any atom is 0.304 e.